The van der Waals surface area contributed by atoms with E-state index in [2.05, 4.69) is 30.2 Å². The van der Waals surface area contributed by atoms with E-state index in [0.29, 0.717) is 34.2 Å². The molecule has 1 saturated heterocycles. The lowest BCUT2D eigenvalue weighted by Gasteiger charge is -2.36. The molecule has 5 rings (SSSR count). The molecule has 0 amide bonds. The third-order valence-electron chi connectivity index (χ3n) is 5.63. The lowest BCUT2D eigenvalue weighted by molar-refractivity contribution is 0.355. The van der Waals surface area contributed by atoms with Gasteiger partial charge in [0.15, 0.2) is 28.5 Å². The number of piperazine rings is 1. The number of hydrogen-bond donors (Lipinski definition) is 2. The van der Waals surface area contributed by atoms with E-state index < -0.39 is 0 Å². The second-order valence-electron chi connectivity index (χ2n) is 7.57. The Hall–Kier alpha value is -4.05. The summed E-state index contributed by atoms with van der Waals surface area (Å²) in [4.78, 5) is 25.1. The zero-order valence-electron chi connectivity index (χ0n) is 18.4. The van der Waals surface area contributed by atoms with E-state index in [0.717, 1.165) is 30.9 Å². The monoisotopic (exact) mass is 444 g/mol. The van der Waals surface area contributed by atoms with Crippen LogP contribution in [0.15, 0.2) is 48.8 Å². The van der Waals surface area contributed by atoms with Crippen molar-refractivity contribution >= 4 is 22.9 Å². The SMILES string of the molecule is COc1ccc(-c2cnc3nc(N)nc(N4CCNCC4c4ccccn4)c3n2)cc1OC. The van der Waals surface area contributed by atoms with Crippen molar-refractivity contribution in [2.45, 2.75) is 6.04 Å². The molecule has 0 bridgehead atoms. The summed E-state index contributed by atoms with van der Waals surface area (Å²) in [7, 11) is 3.21. The molecule has 10 nitrogen and oxygen atoms in total. The van der Waals surface area contributed by atoms with Crippen molar-refractivity contribution in [3.63, 3.8) is 0 Å². The Morgan fingerprint density at radius 2 is 1.91 bits per heavy atom. The molecular formula is C23H24N8O2. The topological polar surface area (TPSA) is 124 Å². The first-order valence-electron chi connectivity index (χ1n) is 10.6. The normalized spacial score (nSPS) is 16.1. The van der Waals surface area contributed by atoms with Crippen LogP contribution in [0.3, 0.4) is 0 Å². The van der Waals surface area contributed by atoms with Gasteiger partial charge in [-0.15, -0.1) is 0 Å². The van der Waals surface area contributed by atoms with Gasteiger partial charge in [0, 0.05) is 31.4 Å². The highest BCUT2D eigenvalue weighted by molar-refractivity contribution is 5.86. The molecule has 10 heteroatoms. The Bertz CT molecular complexity index is 1280. The predicted octanol–water partition coefficient (Wildman–Crippen LogP) is 2.23. The van der Waals surface area contributed by atoms with E-state index in [1.807, 2.05) is 36.4 Å². The fourth-order valence-corrected chi connectivity index (χ4v) is 4.04. The van der Waals surface area contributed by atoms with Crippen LogP contribution in [-0.2, 0) is 0 Å². The van der Waals surface area contributed by atoms with Crippen LogP contribution >= 0.6 is 0 Å². The van der Waals surface area contributed by atoms with Gasteiger partial charge in [0.25, 0.3) is 0 Å². The Kier molecular flexibility index (Phi) is 5.57. The fraction of sp³-hybridized carbons (Fsp3) is 0.261. The summed E-state index contributed by atoms with van der Waals surface area (Å²) in [6, 6.07) is 11.5. The zero-order valence-corrected chi connectivity index (χ0v) is 18.4. The number of nitrogens with zero attached hydrogens (tertiary/aromatic N) is 6. The molecule has 0 saturated carbocycles. The average molecular weight is 444 g/mol. The van der Waals surface area contributed by atoms with Crippen LogP contribution in [-0.4, -0.2) is 58.8 Å². The van der Waals surface area contributed by atoms with Crippen LogP contribution in [0.1, 0.15) is 11.7 Å². The molecule has 0 spiro atoms. The van der Waals surface area contributed by atoms with Gasteiger partial charge in [-0.05, 0) is 30.3 Å². The van der Waals surface area contributed by atoms with E-state index in [1.165, 1.54) is 0 Å². The van der Waals surface area contributed by atoms with Gasteiger partial charge >= 0.3 is 0 Å². The molecule has 33 heavy (non-hydrogen) atoms. The summed E-state index contributed by atoms with van der Waals surface area (Å²) in [6.07, 6.45) is 3.47. The van der Waals surface area contributed by atoms with Crippen LogP contribution < -0.4 is 25.4 Å². The number of nitrogen functional groups attached to an aromatic ring is 1. The van der Waals surface area contributed by atoms with Crippen molar-refractivity contribution < 1.29 is 9.47 Å². The van der Waals surface area contributed by atoms with E-state index in [-0.39, 0.29) is 12.0 Å². The number of fused-ring (bicyclic) bond motifs is 1. The molecule has 1 atom stereocenters. The van der Waals surface area contributed by atoms with Gasteiger partial charge in [0.05, 0.1) is 37.8 Å². The molecule has 1 aliphatic rings. The Balaban J connectivity index is 1.63. The second-order valence-corrected chi connectivity index (χ2v) is 7.57. The number of hydrogen-bond acceptors (Lipinski definition) is 10. The van der Waals surface area contributed by atoms with Crippen LogP contribution in [0.25, 0.3) is 22.4 Å². The number of benzene rings is 1. The van der Waals surface area contributed by atoms with E-state index in [9.17, 15) is 0 Å². The van der Waals surface area contributed by atoms with Crippen molar-refractivity contribution in [2.75, 3.05) is 44.5 Å². The highest BCUT2D eigenvalue weighted by atomic mass is 16.5. The molecule has 0 aliphatic carbocycles. The average Bonchev–Trinajstić information content (AvgIpc) is 2.88. The molecular weight excluding hydrogens is 420 g/mol. The Morgan fingerprint density at radius 3 is 2.70 bits per heavy atom. The molecule has 0 radical (unpaired) electrons. The predicted molar refractivity (Wildman–Crippen MR) is 125 cm³/mol. The van der Waals surface area contributed by atoms with Crippen molar-refractivity contribution in [3.8, 4) is 22.8 Å². The van der Waals surface area contributed by atoms with Crippen molar-refractivity contribution in [1.82, 2.24) is 30.2 Å². The molecule has 1 fully saturated rings. The highest BCUT2D eigenvalue weighted by Gasteiger charge is 2.28. The molecule has 4 heterocycles. The summed E-state index contributed by atoms with van der Waals surface area (Å²) in [5.74, 6) is 2.06. The maximum absolute atomic E-state index is 6.06. The number of ether oxygens (including phenoxy) is 2. The van der Waals surface area contributed by atoms with Crippen molar-refractivity contribution in [1.29, 1.82) is 0 Å². The van der Waals surface area contributed by atoms with Gasteiger partial charge in [-0.2, -0.15) is 9.97 Å². The number of rotatable bonds is 5. The van der Waals surface area contributed by atoms with E-state index >= 15 is 0 Å². The van der Waals surface area contributed by atoms with Gasteiger partial charge < -0.3 is 25.4 Å². The first-order valence-corrected chi connectivity index (χ1v) is 10.6. The van der Waals surface area contributed by atoms with Gasteiger partial charge in [0.1, 0.15) is 0 Å². The number of anilines is 2. The first kappa shape index (κ1) is 20.8. The molecule has 4 aromatic rings. The zero-order chi connectivity index (χ0) is 22.8. The Morgan fingerprint density at radius 1 is 1.03 bits per heavy atom. The summed E-state index contributed by atoms with van der Waals surface area (Å²) in [6.45, 7) is 2.25. The van der Waals surface area contributed by atoms with Gasteiger partial charge in [0.2, 0.25) is 5.95 Å². The molecule has 168 valence electrons. The quantitative estimate of drug-likeness (QED) is 0.473. The molecule has 1 aliphatic heterocycles. The summed E-state index contributed by atoms with van der Waals surface area (Å²) in [5, 5.41) is 3.44. The number of aromatic nitrogens is 5. The summed E-state index contributed by atoms with van der Waals surface area (Å²) in [5.41, 5.74) is 9.54. The number of pyridine rings is 1. The van der Waals surface area contributed by atoms with Crippen LogP contribution in [0, 0.1) is 0 Å². The molecule has 1 unspecified atom stereocenters. The fourth-order valence-electron chi connectivity index (χ4n) is 4.04. The lowest BCUT2D eigenvalue weighted by atomic mass is 10.1. The molecule has 3 N–H and O–H groups in total. The third kappa shape index (κ3) is 3.96. The van der Waals surface area contributed by atoms with Gasteiger partial charge in [-0.1, -0.05) is 6.07 Å². The first-order chi connectivity index (χ1) is 16.2. The Labute approximate surface area is 190 Å². The van der Waals surface area contributed by atoms with Crippen molar-refractivity contribution in [2.24, 2.45) is 0 Å². The van der Waals surface area contributed by atoms with E-state index in [1.54, 1.807) is 26.6 Å². The summed E-state index contributed by atoms with van der Waals surface area (Å²) < 4.78 is 10.8. The largest absolute Gasteiger partial charge is 0.493 e. The number of nitrogens with one attached hydrogen (secondary N) is 1. The van der Waals surface area contributed by atoms with Gasteiger partial charge in [-0.3, -0.25) is 4.98 Å². The minimum atomic E-state index is -0.0241. The maximum Gasteiger partial charge on any atom is 0.224 e. The van der Waals surface area contributed by atoms with Crippen LogP contribution in [0.4, 0.5) is 11.8 Å². The van der Waals surface area contributed by atoms with Crippen LogP contribution in [0.5, 0.6) is 11.5 Å². The van der Waals surface area contributed by atoms with E-state index in [4.69, 9.17) is 20.2 Å². The molecule has 1 aromatic carbocycles. The molecule has 3 aromatic heterocycles. The maximum atomic E-state index is 6.06. The number of methoxy groups -OCH3 is 2. The van der Waals surface area contributed by atoms with Crippen LogP contribution in [0.2, 0.25) is 0 Å². The smallest absolute Gasteiger partial charge is 0.224 e. The standard InChI is InChI=1S/C23H24N8O2/c1-32-18-7-6-14(11-19(18)33-2)16-12-27-21-20(28-16)22(30-23(24)29-21)31-10-9-25-13-17(31)15-5-3-4-8-26-15/h3-8,11-12,17,25H,9-10,13H2,1-2H3,(H2,24,27,29,30). The summed E-state index contributed by atoms with van der Waals surface area (Å²) >= 11 is 0. The second kappa shape index (κ2) is 8.83. The third-order valence-corrected chi connectivity index (χ3v) is 5.63. The van der Waals surface area contributed by atoms with Gasteiger partial charge in [-0.25, -0.2) is 9.97 Å². The minimum Gasteiger partial charge on any atom is -0.493 e. The van der Waals surface area contributed by atoms with Crippen molar-refractivity contribution in [3.05, 3.63) is 54.5 Å². The lowest BCUT2D eigenvalue weighted by Crippen LogP contribution is -2.47. The number of nitrogens with two attached hydrogens (primary N) is 1. The minimum absolute atomic E-state index is 0.0241. The highest BCUT2D eigenvalue weighted by Crippen LogP contribution is 2.34.